The molecule has 0 aromatic heterocycles. The maximum absolute atomic E-state index is 12.7. The van der Waals surface area contributed by atoms with Gasteiger partial charge < -0.3 is 19.5 Å². The van der Waals surface area contributed by atoms with Crippen LogP contribution in [-0.2, 0) is 0 Å². The van der Waals surface area contributed by atoms with Crippen molar-refractivity contribution >= 4 is 29.3 Å². The number of carbonyl (C=O) groups excluding carboxylic acids is 1. The van der Waals surface area contributed by atoms with Gasteiger partial charge in [0, 0.05) is 22.6 Å². The number of ether oxygens (including phenoxy) is 3. The molecule has 1 atom stereocenters. The minimum atomic E-state index is -4.93. The number of nitriles is 2. The van der Waals surface area contributed by atoms with Gasteiger partial charge in [-0.3, -0.25) is 4.79 Å². The second kappa shape index (κ2) is 12.5. The zero-order valence-electron chi connectivity index (χ0n) is 20.6. The van der Waals surface area contributed by atoms with Gasteiger partial charge in [-0.1, -0.05) is 11.6 Å². The van der Waals surface area contributed by atoms with Crippen molar-refractivity contribution in [1.29, 1.82) is 10.5 Å². The molecule has 0 bridgehead atoms. The van der Waals surface area contributed by atoms with E-state index in [0.29, 0.717) is 0 Å². The van der Waals surface area contributed by atoms with Gasteiger partial charge in [-0.05, 0) is 67.2 Å². The molecule has 1 N–H and O–H groups in total. The van der Waals surface area contributed by atoms with Gasteiger partial charge >= 0.3 is 11.9 Å². The monoisotopic (exact) mass is 615 g/mol. The molecule has 3 aromatic carbocycles. The lowest BCUT2D eigenvalue weighted by molar-refractivity contribution is -0.274. The van der Waals surface area contributed by atoms with Crippen LogP contribution in [0.5, 0.6) is 23.0 Å². The molecule has 3 rings (SSSR count). The fourth-order valence-electron chi connectivity index (χ4n) is 3.10. The second-order valence-electron chi connectivity index (χ2n) is 8.27. The number of hydrogen-bond acceptors (Lipinski definition) is 7. The number of carbonyl (C=O) groups is 1. The topological polar surface area (TPSA) is 104 Å². The predicted molar refractivity (Wildman–Crippen MR) is 135 cm³/mol. The van der Waals surface area contributed by atoms with Crippen LogP contribution < -0.4 is 19.5 Å². The number of benzene rings is 3. The van der Waals surface area contributed by atoms with E-state index in [4.69, 9.17) is 21.1 Å². The zero-order valence-corrected chi connectivity index (χ0v) is 22.1. The van der Waals surface area contributed by atoms with E-state index in [0.717, 1.165) is 30.3 Å². The van der Waals surface area contributed by atoms with Crippen molar-refractivity contribution < 1.29 is 45.3 Å². The van der Waals surface area contributed by atoms with E-state index in [9.17, 15) is 41.7 Å². The third kappa shape index (κ3) is 9.41. The third-order valence-corrected chi connectivity index (χ3v) is 5.97. The number of hydrogen-bond donors (Lipinski definition) is 1. The summed E-state index contributed by atoms with van der Waals surface area (Å²) < 4.78 is 90.2. The van der Waals surface area contributed by atoms with Crippen molar-refractivity contribution in [2.24, 2.45) is 0 Å². The van der Waals surface area contributed by atoms with Crippen LogP contribution in [0.15, 0.2) is 65.6 Å². The Balaban J connectivity index is 1.76. The Labute approximate surface area is 238 Å². The molecule has 0 spiro atoms. The van der Waals surface area contributed by atoms with Crippen LogP contribution in [0.3, 0.4) is 0 Å². The minimum Gasteiger partial charge on any atom is -0.486 e. The van der Waals surface area contributed by atoms with E-state index in [1.165, 1.54) is 37.3 Å². The Morgan fingerprint density at radius 2 is 1.61 bits per heavy atom. The molecule has 41 heavy (non-hydrogen) atoms. The smallest absolute Gasteiger partial charge is 0.486 e. The number of halogens is 7. The Morgan fingerprint density at radius 3 is 2.17 bits per heavy atom. The molecule has 214 valence electrons. The fraction of sp³-hybridized carbons (Fsp3) is 0.192. The third-order valence-electron chi connectivity index (χ3n) is 4.93. The summed E-state index contributed by atoms with van der Waals surface area (Å²) >= 11 is 5.69. The Hall–Kier alpha value is -4.27. The number of rotatable bonds is 9. The predicted octanol–water partition coefficient (Wildman–Crippen LogP) is 7.61. The lowest BCUT2D eigenvalue weighted by Crippen LogP contribution is -2.49. The quantitative estimate of drug-likeness (QED) is 0.195. The van der Waals surface area contributed by atoms with E-state index in [1.807, 2.05) is 12.1 Å². The average Bonchev–Trinajstić information content (AvgIpc) is 2.88. The summed E-state index contributed by atoms with van der Waals surface area (Å²) in [6.45, 7) is 0.846. The van der Waals surface area contributed by atoms with E-state index >= 15 is 0 Å². The van der Waals surface area contributed by atoms with Gasteiger partial charge in [0.2, 0.25) is 0 Å². The average molecular weight is 616 g/mol. The van der Waals surface area contributed by atoms with Gasteiger partial charge in [-0.15, -0.1) is 13.2 Å². The second-order valence-corrected chi connectivity index (χ2v) is 9.82. The van der Waals surface area contributed by atoms with Crippen LogP contribution in [0.4, 0.5) is 26.3 Å². The summed E-state index contributed by atoms with van der Waals surface area (Å²) in [5.74, 6) is -1.53. The van der Waals surface area contributed by atoms with Crippen molar-refractivity contribution in [2.75, 3.05) is 6.61 Å². The largest absolute Gasteiger partial charge is 0.573 e. The highest BCUT2D eigenvalue weighted by atomic mass is 35.5. The fourth-order valence-corrected chi connectivity index (χ4v) is 3.85. The molecule has 0 radical (unpaired) electrons. The van der Waals surface area contributed by atoms with E-state index < -0.39 is 35.7 Å². The van der Waals surface area contributed by atoms with Crippen molar-refractivity contribution in [3.63, 3.8) is 0 Å². The highest BCUT2D eigenvalue weighted by molar-refractivity contribution is 8.00. The highest BCUT2D eigenvalue weighted by Gasteiger charge is 2.32. The molecule has 15 heteroatoms. The van der Waals surface area contributed by atoms with Crippen LogP contribution in [0.1, 0.15) is 22.8 Å². The molecular weight excluding hydrogens is 600 g/mol. The van der Waals surface area contributed by atoms with E-state index in [1.54, 1.807) is 0 Å². The molecule has 0 heterocycles. The molecule has 0 saturated heterocycles. The minimum absolute atomic E-state index is 0.0129. The molecule has 1 unspecified atom stereocenters. The lowest BCUT2D eigenvalue weighted by Gasteiger charge is -2.24. The van der Waals surface area contributed by atoms with Crippen LogP contribution in [0.2, 0.25) is 5.02 Å². The van der Waals surface area contributed by atoms with Crippen LogP contribution in [-0.4, -0.2) is 29.9 Å². The summed E-state index contributed by atoms with van der Waals surface area (Å²) in [5, 5.41) is 21.2. The van der Waals surface area contributed by atoms with Gasteiger partial charge in [0.1, 0.15) is 18.1 Å². The van der Waals surface area contributed by atoms with Gasteiger partial charge in [0.05, 0.1) is 22.7 Å². The lowest BCUT2D eigenvalue weighted by atomic mass is 10.0. The van der Waals surface area contributed by atoms with Gasteiger partial charge in [0.25, 0.3) is 5.91 Å². The molecule has 3 aromatic rings. The van der Waals surface area contributed by atoms with Gasteiger partial charge in [0.15, 0.2) is 17.0 Å². The number of nitrogens with one attached hydrogen (secondary N) is 1. The van der Waals surface area contributed by atoms with Crippen LogP contribution in [0, 0.1) is 22.7 Å². The van der Waals surface area contributed by atoms with E-state index in [2.05, 4.69) is 10.1 Å². The summed E-state index contributed by atoms with van der Waals surface area (Å²) in [4.78, 5) is 12.5. The zero-order chi connectivity index (χ0) is 30.4. The molecule has 7 nitrogen and oxygen atoms in total. The van der Waals surface area contributed by atoms with Crippen molar-refractivity contribution in [3.05, 3.63) is 76.8 Å². The first-order valence-corrected chi connectivity index (χ1v) is 12.3. The first kappa shape index (κ1) is 31.3. The van der Waals surface area contributed by atoms with E-state index in [-0.39, 0.29) is 50.1 Å². The maximum Gasteiger partial charge on any atom is 0.573 e. The molecule has 0 fully saturated rings. The van der Waals surface area contributed by atoms with Crippen molar-refractivity contribution in [2.45, 2.75) is 29.2 Å². The highest BCUT2D eigenvalue weighted by Crippen LogP contribution is 2.39. The summed E-state index contributed by atoms with van der Waals surface area (Å²) in [7, 11) is 0. The Bertz CT molecular complexity index is 1500. The number of amides is 1. The summed E-state index contributed by atoms with van der Waals surface area (Å²) in [6.07, 6.45) is -4.93. The maximum atomic E-state index is 12.7. The normalized spacial score (nSPS) is 12.8. The number of thioether (sulfide) groups is 1. The summed E-state index contributed by atoms with van der Waals surface area (Å²) in [6, 6.07) is 15.2. The van der Waals surface area contributed by atoms with Crippen molar-refractivity contribution in [1.82, 2.24) is 5.32 Å². The molecular formula is C26H16ClF6N3O4S. The molecule has 0 aliphatic heterocycles. The molecule has 0 aliphatic carbocycles. The Kier molecular flexibility index (Phi) is 9.53. The van der Waals surface area contributed by atoms with Gasteiger partial charge in [-0.25, -0.2) is 0 Å². The summed E-state index contributed by atoms with van der Waals surface area (Å²) in [5.41, 5.74) is -6.04. The van der Waals surface area contributed by atoms with Gasteiger partial charge in [-0.2, -0.15) is 23.7 Å². The molecule has 0 aliphatic rings. The molecule has 0 saturated carbocycles. The van der Waals surface area contributed by atoms with Crippen LogP contribution in [0.25, 0.3) is 0 Å². The first-order valence-electron chi connectivity index (χ1n) is 11.1. The standard InChI is InChI=1S/C26H16ClF6N3O4S/c1-24(13-35,36-23(37)16-3-6-18(7-4-16)41-26(31,32)33)14-38-22-10-15(12-34)2-8-21(22)39-20-9-5-17(11-19(20)27)40-25(28,29)30/h2-11H,14H2,1H3,(H,36,37). The van der Waals surface area contributed by atoms with Crippen molar-refractivity contribution in [3.8, 4) is 35.1 Å². The Morgan fingerprint density at radius 1 is 0.951 bits per heavy atom. The SMILES string of the molecule is CC(C#N)(COc1cc(C#N)ccc1Oc1ccc(OC(F)(F)F)cc1Cl)NC(=O)c1ccc(SC(F)(F)F)cc1. The number of alkyl halides is 6. The first-order chi connectivity index (χ1) is 19.1. The molecule has 1 amide bonds. The van der Waals surface area contributed by atoms with Crippen LogP contribution >= 0.6 is 23.4 Å². The number of nitrogens with zero attached hydrogens (tertiary/aromatic N) is 2.